The van der Waals surface area contributed by atoms with Gasteiger partial charge in [0.15, 0.2) is 6.61 Å². The van der Waals surface area contributed by atoms with Crippen LogP contribution in [0.4, 0.5) is 0 Å². The predicted octanol–water partition coefficient (Wildman–Crippen LogP) is 5.83. The molecular formula is C27H26N2O4S. The van der Waals surface area contributed by atoms with Crippen LogP contribution in [0.2, 0.25) is 0 Å². The number of aryl methyl sites for hydroxylation is 1. The van der Waals surface area contributed by atoms with Crippen molar-refractivity contribution in [1.29, 1.82) is 0 Å². The normalized spacial score (nSPS) is 10.8. The number of thioether (sulfide) groups is 1. The lowest BCUT2D eigenvalue weighted by Gasteiger charge is -2.07. The van der Waals surface area contributed by atoms with E-state index in [2.05, 4.69) is 34.2 Å². The molecule has 1 heterocycles. The molecule has 0 aliphatic rings. The molecule has 0 amide bonds. The number of unbranched alkanes of at least 4 members (excludes halogenated alkanes) is 2. The highest BCUT2D eigenvalue weighted by Crippen LogP contribution is 2.23. The van der Waals surface area contributed by atoms with Crippen molar-refractivity contribution in [3.05, 3.63) is 90.3 Å². The summed E-state index contributed by atoms with van der Waals surface area (Å²) in [4.78, 5) is 32.3. The van der Waals surface area contributed by atoms with Gasteiger partial charge >= 0.3 is 11.9 Å². The molecule has 4 rings (SSSR count). The number of nitrogens with zero attached hydrogens (tertiary/aromatic N) is 1. The van der Waals surface area contributed by atoms with Gasteiger partial charge in [0.25, 0.3) is 0 Å². The van der Waals surface area contributed by atoms with Gasteiger partial charge in [-0.3, -0.25) is 0 Å². The van der Waals surface area contributed by atoms with Crippen LogP contribution in [0.25, 0.3) is 11.0 Å². The molecule has 174 valence electrons. The van der Waals surface area contributed by atoms with Gasteiger partial charge in [-0.15, -0.1) is 11.8 Å². The lowest BCUT2D eigenvalue weighted by atomic mass is 10.1. The summed E-state index contributed by atoms with van der Waals surface area (Å²) in [5.74, 6) is 0.146. The number of rotatable bonds is 11. The number of aromatic amines is 1. The first-order chi connectivity index (χ1) is 16.7. The zero-order valence-corrected chi connectivity index (χ0v) is 19.6. The Kier molecular flexibility index (Phi) is 8.35. The molecule has 0 atom stereocenters. The van der Waals surface area contributed by atoms with E-state index in [4.69, 9.17) is 9.47 Å². The number of aromatic nitrogens is 2. The number of imidazole rings is 1. The second kappa shape index (κ2) is 12.0. The van der Waals surface area contributed by atoms with Crippen LogP contribution in [-0.2, 0) is 16.0 Å². The zero-order chi connectivity index (χ0) is 23.6. The third kappa shape index (κ3) is 6.96. The Labute approximate surface area is 202 Å². The summed E-state index contributed by atoms with van der Waals surface area (Å²) in [6.45, 7) is -0.341. The number of esters is 2. The maximum Gasteiger partial charge on any atom is 0.352 e. The molecule has 4 aromatic rings. The minimum Gasteiger partial charge on any atom is -0.482 e. The molecule has 34 heavy (non-hydrogen) atoms. The average Bonchev–Trinajstić information content (AvgIpc) is 3.34. The lowest BCUT2D eigenvalue weighted by molar-refractivity contribution is -0.140. The summed E-state index contributed by atoms with van der Waals surface area (Å²) in [7, 11) is 0. The van der Waals surface area contributed by atoms with E-state index in [0.29, 0.717) is 11.3 Å². The molecule has 7 heteroatoms. The summed E-state index contributed by atoms with van der Waals surface area (Å²) in [5, 5.41) is 0. The van der Waals surface area contributed by atoms with Gasteiger partial charge in [0.05, 0.1) is 22.9 Å². The molecule has 0 fully saturated rings. The Balaban J connectivity index is 1.13. The van der Waals surface area contributed by atoms with Gasteiger partial charge in [0.1, 0.15) is 5.75 Å². The third-order valence-corrected chi connectivity index (χ3v) is 6.36. The number of H-pyrrole nitrogens is 1. The Morgan fingerprint density at radius 2 is 1.74 bits per heavy atom. The van der Waals surface area contributed by atoms with Gasteiger partial charge < -0.3 is 14.5 Å². The molecule has 0 aliphatic heterocycles. The number of hydrogen-bond acceptors (Lipinski definition) is 6. The number of carbonyl (C=O) groups is 2. The first-order valence-corrected chi connectivity index (χ1v) is 12.2. The Hall–Kier alpha value is -3.58. The molecule has 0 spiro atoms. The summed E-state index contributed by atoms with van der Waals surface area (Å²) < 4.78 is 10.3. The maximum absolute atomic E-state index is 12.2. The summed E-state index contributed by atoms with van der Waals surface area (Å²) in [6.07, 6.45) is 6.25. The number of benzene rings is 3. The van der Waals surface area contributed by atoms with Crippen molar-refractivity contribution in [2.45, 2.75) is 30.6 Å². The SMILES string of the molecule is O=C(COc1ccc(SCCCCCc2ccccc2)cc1)OC(=O)c1ccc2nc[nH]c2c1. The van der Waals surface area contributed by atoms with Crippen molar-refractivity contribution >= 4 is 34.7 Å². The molecule has 1 aromatic heterocycles. The first kappa shape index (κ1) is 23.6. The van der Waals surface area contributed by atoms with Crippen molar-refractivity contribution < 1.29 is 19.1 Å². The van der Waals surface area contributed by atoms with Crippen molar-refractivity contribution in [2.75, 3.05) is 12.4 Å². The van der Waals surface area contributed by atoms with Gasteiger partial charge in [0, 0.05) is 4.90 Å². The highest BCUT2D eigenvalue weighted by molar-refractivity contribution is 7.99. The van der Waals surface area contributed by atoms with E-state index in [1.54, 1.807) is 18.2 Å². The van der Waals surface area contributed by atoms with Gasteiger partial charge in [-0.2, -0.15) is 0 Å². The Bertz CT molecular complexity index is 1220. The lowest BCUT2D eigenvalue weighted by Crippen LogP contribution is -2.19. The van der Waals surface area contributed by atoms with E-state index in [0.717, 1.165) is 22.6 Å². The average molecular weight is 475 g/mol. The number of carbonyl (C=O) groups excluding carboxylic acids is 2. The first-order valence-electron chi connectivity index (χ1n) is 11.2. The second-order valence-electron chi connectivity index (χ2n) is 7.80. The minimum absolute atomic E-state index is 0.270. The fourth-order valence-electron chi connectivity index (χ4n) is 3.47. The topological polar surface area (TPSA) is 81.3 Å². The van der Waals surface area contributed by atoms with Crippen molar-refractivity contribution in [3.63, 3.8) is 0 Å². The highest BCUT2D eigenvalue weighted by Gasteiger charge is 2.14. The van der Waals surface area contributed by atoms with E-state index in [1.807, 2.05) is 42.1 Å². The van der Waals surface area contributed by atoms with Crippen LogP contribution in [0.15, 0.2) is 84.0 Å². The standard InChI is InChI=1S/C27H26N2O4S/c30-26(33-27(31)21-10-15-24-25(17-21)29-19-28-24)18-32-22-11-13-23(14-12-22)34-16-6-2-5-9-20-7-3-1-4-8-20/h1,3-4,7-8,10-15,17,19H,2,5-6,9,16,18H2,(H,28,29). The van der Waals surface area contributed by atoms with Crippen LogP contribution in [0, 0.1) is 0 Å². The van der Waals surface area contributed by atoms with Gasteiger partial charge in [0.2, 0.25) is 0 Å². The zero-order valence-electron chi connectivity index (χ0n) is 18.7. The van der Waals surface area contributed by atoms with Crippen molar-refractivity contribution in [3.8, 4) is 5.75 Å². The van der Waals surface area contributed by atoms with E-state index >= 15 is 0 Å². The largest absolute Gasteiger partial charge is 0.482 e. The van der Waals surface area contributed by atoms with E-state index in [-0.39, 0.29) is 12.2 Å². The van der Waals surface area contributed by atoms with Crippen LogP contribution >= 0.6 is 11.8 Å². The molecule has 3 aromatic carbocycles. The molecule has 0 radical (unpaired) electrons. The van der Waals surface area contributed by atoms with Gasteiger partial charge in [-0.1, -0.05) is 36.8 Å². The molecule has 0 saturated heterocycles. The van der Waals surface area contributed by atoms with E-state index in [9.17, 15) is 9.59 Å². The summed E-state index contributed by atoms with van der Waals surface area (Å²) >= 11 is 1.81. The van der Waals surface area contributed by atoms with Crippen LogP contribution in [0.5, 0.6) is 5.75 Å². The monoisotopic (exact) mass is 474 g/mol. The molecule has 0 aliphatic carbocycles. The molecule has 6 nitrogen and oxygen atoms in total. The third-order valence-electron chi connectivity index (χ3n) is 5.26. The molecule has 0 unspecified atom stereocenters. The quantitative estimate of drug-likeness (QED) is 0.127. The number of ether oxygens (including phenoxy) is 2. The maximum atomic E-state index is 12.2. The van der Waals surface area contributed by atoms with Crippen LogP contribution in [-0.4, -0.2) is 34.3 Å². The Morgan fingerprint density at radius 1 is 0.912 bits per heavy atom. The smallest absolute Gasteiger partial charge is 0.352 e. The van der Waals surface area contributed by atoms with Crippen LogP contribution < -0.4 is 4.74 Å². The van der Waals surface area contributed by atoms with E-state index < -0.39 is 11.9 Å². The van der Waals surface area contributed by atoms with Crippen LogP contribution in [0.1, 0.15) is 35.2 Å². The molecule has 0 bridgehead atoms. The molecule has 0 saturated carbocycles. The fraction of sp³-hybridized carbons (Fsp3) is 0.222. The molecule has 1 N–H and O–H groups in total. The minimum atomic E-state index is -0.747. The summed E-state index contributed by atoms with van der Waals surface area (Å²) in [5.41, 5.74) is 3.10. The predicted molar refractivity (Wildman–Crippen MR) is 133 cm³/mol. The highest BCUT2D eigenvalue weighted by atomic mass is 32.2. The number of fused-ring (bicyclic) bond motifs is 1. The van der Waals surface area contributed by atoms with Gasteiger partial charge in [-0.05, 0) is 73.0 Å². The van der Waals surface area contributed by atoms with Gasteiger partial charge in [-0.25, -0.2) is 14.6 Å². The fourth-order valence-corrected chi connectivity index (χ4v) is 4.38. The number of nitrogens with one attached hydrogen (secondary N) is 1. The van der Waals surface area contributed by atoms with E-state index in [1.165, 1.54) is 31.2 Å². The van der Waals surface area contributed by atoms with Crippen molar-refractivity contribution in [1.82, 2.24) is 9.97 Å². The van der Waals surface area contributed by atoms with Crippen molar-refractivity contribution in [2.24, 2.45) is 0 Å². The molecular weight excluding hydrogens is 448 g/mol. The second-order valence-corrected chi connectivity index (χ2v) is 8.97. The Morgan fingerprint density at radius 3 is 2.56 bits per heavy atom. The number of hydrogen-bond donors (Lipinski definition) is 1. The van der Waals surface area contributed by atoms with Crippen LogP contribution in [0.3, 0.4) is 0 Å². The summed E-state index contributed by atoms with van der Waals surface area (Å²) in [6, 6.07) is 23.0.